The van der Waals surface area contributed by atoms with Crippen LogP contribution in [0.2, 0.25) is 0 Å². The molecule has 0 aliphatic heterocycles. The molecule has 0 aliphatic rings. The number of aliphatic hydroxyl groups excluding tert-OH is 1. The van der Waals surface area contributed by atoms with E-state index < -0.39 is 23.8 Å². The molecule has 0 saturated carbocycles. The van der Waals surface area contributed by atoms with Gasteiger partial charge in [-0.05, 0) is 32.1 Å². The van der Waals surface area contributed by atoms with Crippen molar-refractivity contribution in [2.24, 2.45) is 0 Å². The zero-order valence-corrected chi connectivity index (χ0v) is 20.1. The molecule has 6 nitrogen and oxygen atoms in total. The number of hydrogen-bond donors (Lipinski definition) is 2. The van der Waals surface area contributed by atoms with E-state index in [4.69, 9.17) is 0 Å². The van der Waals surface area contributed by atoms with Crippen LogP contribution < -0.4 is 5.11 Å². The quantitative estimate of drug-likeness (QED) is 0.183. The highest BCUT2D eigenvalue weighted by Gasteiger charge is 2.40. The van der Waals surface area contributed by atoms with Crippen molar-refractivity contribution >= 4 is 11.8 Å². The highest BCUT2D eigenvalue weighted by atomic mass is 16.4. The van der Waals surface area contributed by atoms with Gasteiger partial charge in [0.05, 0.1) is 27.2 Å². The molecule has 0 bridgehead atoms. The molecule has 0 aromatic rings. The van der Waals surface area contributed by atoms with Crippen LogP contribution in [0.25, 0.3) is 0 Å². The zero-order chi connectivity index (χ0) is 23.8. The van der Waals surface area contributed by atoms with Gasteiger partial charge in [-0.15, -0.1) is 0 Å². The fraction of sp³-hybridized carbons (Fsp3) is 0.760. The van der Waals surface area contributed by atoms with Gasteiger partial charge < -0.3 is 24.6 Å². The molecule has 0 aromatic carbocycles. The topological polar surface area (TPSA) is 97.7 Å². The molecule has 0 rings (SSSR count). The van der Waals surface area contributed by atoms with Gasteiger partial charge in [0.1, 0.15) is 6.54 Å². The second-order valence-corrected chi connectivity index (χ2v) is 9.59. The first kappa shape index (κ1) is 29.5. The number of carboxylic acid groups (broad SMARTS) is 1. The van der Waals surface area contributed by atoms with Crippen molar-refractivity contribution in [3.8, 4) is 0 Å². The van der Waals surface area contributed by atoms with Crippen LogP contribution in [0.15, 0.2) is 24.3 Å². The number of allylic oxidation sites excluding steroid dienone is 3. The molecule has 0 heterocycles. The highest BCUT2D eigenvalue weighted by Crippen LogP contribution is 2.20. The van der Waals surface area contributed by atoms with Crippen molar-refractivity contribution in [3.05, 3.63) is 24.3 Å². The Kier molecular flexibility index (Phi) is 15.4. The SMILES string of the molecule is CC/C=C\C/C=C\CC(O)CCCCCCCCC(=O)C(O)(CC(=O)[O-])C[N+](C)(C)C. The van der Waals surface area contributed by atoms with Gasteiger partial charge >= 0.3 is 0 Å². The lowest BCUT2D eigenvalue weighted by atomic mass is 9.89. The Labute approximate surface area is 189 Å². The Balaban J connectivity index is 3.96. The van der Waals surface area contributed by atoms with E-state index in [1.54, 1.807) is 0 Å². The second-order valence-electron chi connectivity index (χ2n) is 9.59. The smallest absolute Gasteiger partial charge is 0.177 e. The molecule has 0 saturated heterocycles. The maximum Gasteiger partial charge on any atom is 0.177 e. The number of hydrogen-bond acceptors (Lipinski definition) is 5. The third-order valence-electron chi connectivity index (χ3n) is 5.13. The van der Waals surface area contributed by atoms with Gasteiger partial charge in [0.25, 0.3) is 0 Å². The van der Waals surface area contributed by atoms with E-state index in [9.17, 15) is 24.9 Å². The number of carbonyl (C=O) groups is 2. The van der Waals surface area contributed by atoms with Gasteiger partial charge in [-0.25, -0.2) is 0 Å². The largest absolute Gasteiger partial charge is 0.550 e. The summed E-state index contributed by atoms with van der Waals surface area (Å²) in [5.41, 5.74) is -1.87. The highest BCUT2D eigenvalue weighted by molar-refractivity contribution is 5.90. The van der Waals surface area contributed by atoms with Crippen LogP contribution in [0, 0.1) is 0 Å². The molecular formula is C25H45NO5. The van der Waals surface area contributed by atoms with E-state index >= 15 is 0 Å². The fourth-order valence-corrected chi connectivity index (χ4v) is 3.68. The Morgan fingerprint density at radius 2 is 1.55 bits per heavy atom. The minimum atomic E-state index is -1.87. The Morgan fingerprint density at radius 3 is 2.13 bits per heavy atom. The summed E-state index contributed by atoms with van der Waals surface area (Å²) in [5, 5.41) is 31.6. The van der Waals surface area contributed by atoms with Gasteiger partial charge in [-0.3, -0.25) is 4.79 Å². The number of unbranched alkanes of at least 4 members (excludes halogenated alkanes) is 5. The Morgan fingerprint density at radius 1 is 0.968 bits per heavy atom. The number of carboxylic acids is 1. The number of quaternary nitrogens is 1. The molecule has 0 radical (unpaired) electrons. The van der Waals surface area contributed by atoms with Gasteiger partial charge in [-0.2, -0.15) is 0 Å². The van der Waals surface area contributed by atoms with Gasteiger partial charge in [0.15, 0.2) is 11.4 Å². The van der Waals surface area contributed by atoms with Crippen molar-refractivity contribution in [2.45, 2.75) is 95.7 Å². The summed E-state index contributed by atoms with van der Waals surface area (Å²) in [6, 6.07) is 0. The number of carbonyl (C=O) groups excluding carboxylic acids is 2. The summed E-state index contributed by atoms with van der Waals surface area (Å²) in [7, 11) is 5.43. The molecule has 31 heavy (non-hydrogen) atoms. The maximum absolute atomic E-state index is 12.5. The first-order valence-corrected chi connectivity index (χ1v) is 11.7. The van der Waals surface area contributed by atoms with E-state index in [-0.39, 0.29) is 19.1 Å². The minimum Gasteiger partial charge on any atom is -0.550 e. The average molecular weight is 440 g/mol. The summed E-state index contributed by atoms with van der Waals surface area (Å²) >= 11 is 0. The number of rotatable bonds is 19. The number of Topliss-reactive ketones (excluding diaryl/α,β-unsaturated/α-hetero) is 1. The van der Waals surface area contributed by atoms with E-state index in [0.717, 1.165) is 51.4 Å². The number of aliphatic hydroxyl groups is 2. The molecule has 180 valence electrons. The molecule has 6 heteroatoms. The zero-order valence-electron chi connectivity index (χ0n) is 20.1. The van der Waals surface area contributed by atoms with Gasteiger partial charge in [0, 0.05) is 18.8 Å². The maximum atomic E-state index is 12.5. The van der Waals surface area contributed by atoms with Crippen LogP contribution in [0.1, 0.15) is 84.0 Å². The normalized spacial score (nSPS) is 15.4. The number of likely N-dealkylation sites (N-methyl/N-ethyl adjacent to an activating group) is 1. The molecule has 2 unspecified atom stereocenters. The lowest BCUT2D eigenvalue weighted by molar-refractivity contribution is -0.875. The lowest BCUT2D eigenvalue weighted by Crippen LogP contribution is -2.56. The van der Waals surface area contributed by atoms with Crippen molar-refractivity contribution in [2.75, 3.05) is 27.7 Å². The summed E-state index contributed by atoms with van der Waals surface area (Å²) < 4.78 is 0.299. The fourth-order valence-electron chi connectivity index (χ4n) is 3.68. The summed E-state index contributed by atoms with van der Waals surface area (Å²) in [4.78, 5) is 23.4. The van der Waals surface area contributed by atoms with Crippen LogP contribution in [-0.2, 0) is 9.59 Å². The second kappa shape index (κ2) is 16.2. The van der Waals surface area contributed by atoms with E-state index in [1.165, 1.54) is 0 Å². The molecule has 0 amide bonds. The molecule has 0 spiro atoms. The summed E-state index contributed by atoms with van der Waals surface area (Å²) in [6.45, 7) is 2.16. The van der Waals surface area contributed by atoms with Crippen LogP contribution in [0.3, 0.4) is 0 Å². The average Bonchev–Trinajstić information content (AvgIpc) is 2.64. The van der Waals surface area contributed by atoms with Crippen LogP contribution >= 0.6 is 0 Å². The molecule has 0 aromatic heterocycles. The molecule has 0 fully saturated rings. The number of nitrogens with zero attached hydrogens (tertiary/aromatic N) is 1. The number of aliphatic carboxylic acids is 1. The molecule has 2 atom stereocenters. The predicted molar refractivity (Wildman–Crippen MR) is 123 cm³/mol. The molecule has 0 aliphatic carbocycles. The first-order valence-electron chi connectivity index (χ1n) is 11.7. The standard InChI is InChI=1S/C25H45NO5/c1-5-6-7-8-11-14-17-22(27)18-15-12-9-10-13-16-19-23(28)25(31,20-24(29)30)21-26(2,3)4/h6-7,11,14,22,27,31H,5,8-10,12-13,15-21H2,1-4H3/b7-6-,14-11-. The molecule has 2 N–H and O–H groups in total. The summed E-state index contributed by atoms with van der Waals surface area (Å²) in [5.74, 6) is -1.82. The lowest BCUT2D eigenvalue weighted by Gasteiger charge is -2.34. The number of ketones is 1. The predicted octanol–water partition coefficient (Wildman–Crippen LogP) is 2.92. The van der Waals surface area contributed by atoms with Crippen molar-refractivity contribution < 1.29 is 29.4 Å². The third-order valence-corrected chi connectivity index (χ3v) is 5.13. The molecular weight excluding hydrogens is 394 g/mol. The Hall–Kier alpha value is -1.50. The minimum absolute atomic E-state index is 0.0484. The first-order chi connectivity index (χ1) is 14.5. The van der Waals surface area contributed by atoms with E-state index in [1.807, 2.05) is 27.2 Å². The van der Waals surface area contributed by atoms with Crippen molar-refractivity contribution in [3.63, 3.8) is 0 Å². The monoisotopic (exact) mass is 439 g/mol. The summed E-state index contributed by atoms with van der Waals surface area (Å²) in [6.07, 6.45) is 16.7. The van der Waals surface area contributed by atoms with E-state index in [0.29, 0.717) is 17.3 Å². The van der Waals surface area contributed by atoms with Crippen LogP contribution in [0.4, 0.5) is 0 Å². The Bertz CT molecular complexity index is 565. The van der Waals surface area contributed by atoms with Crippen molar-refractivity contribution in [1.29, 1.82) is 0 Å². The van der Waals surface area contributed by atoms with Gasteiger partial charge in [-0.1, -0.05) is 63.3 Å². The van der Waals surface area contributed by atoms with Crippen molar-refractivity contribution in [1.82, 2.24) is 0 Å². The van der Waals surface area contributed by atoms with E-state index in [2.05, 4.69) is 25.2 Å². The van der Waals surface area contributed by atoms with Gasteiger partial charge in [0.2, 0.25) is 0 Å². The third kappa shape index (κ3) is 16.8. The van der Waals surface area contributed by atoms with Crippen LogP contribution in [0.5, 0.6) is 0 Å². The van der Waals surface area contributed by atoms with Crippen LogP contribution in [-0.4, -0.2) is 65.8 Å².